The summed E-state index contributed by atoms with van der Waals surface area (Å²) in [6.45, 7) is 3.20. The first-order valence-electron chi connectivity index (χ1n) is 5.72. The fourth-order valence-corrected chi connectivity index (χ4v) is 1.89. The van der Waals surface area contributed by atoms with Crippen molar-refractivity contribution in [3.8, 4) is 12.1 Å². The molecule has 0 radical (unpaired) electrons. The van der Waals surface area contributed by atoms with Gasteiger partial charge in [0, 0.05) is 6.54 Å². The molecule has 88 valence electrons. The Hall–Kier alpha value is -2.59. The van der Waals surface area contributed by atoms with Gasteiger partial charge in [-0.15, -0.1) is 0 Å². The highest BCUT2D eigenvalue weighted by Gasteiger charge is 2.21. The Morgan fingerprint density at radius 2 is 1.94 bits per heavy atom. The lowest BCUT2D eigenvalue weighted by molar-refractivity contribution is 0.419. The third-order valence-electron chi connectivity index (χ3n) is 2.83. The Bertz CT molecular complexity index is 584. The second-order valence-corrected chi connectivity index (χ2v) is 3.86. The van der Waals surface area contributed by atoms with Crippen molar-refractivity contribution in [2.24, 2.45) is 4.99 Å². The first-order chi connectivity index (χ1) is 8.80. The molecule has 1 aromatic carbocycles. The molecule has 1 aromatic rings. The molecule has 0 saturated carbocycles. The van der Waals surface area contributed by atoms with E-state index in [0.717, 1.165) is 11.3 Å². The smallest absolute Gasteiger partial charge is 0.175 e. The van der Waals surface area contributed by atoms with Gasteiger partial charge in [0.05, 0.1) is 12.3 Å². The number of likely N-dealkylation sites (N-methyl/N-ethyl adjacent to an activating group) is 1. The van der Waals surface area contributed by atoms with Crippen molar-refractivity contribution in [2.75, 3.05) is 13.1 Å². The zero-order chi connectivity index (χ0) is 13.0. The summed E-state index contributed by atoms with van der Waals surface area (Å²) < 4.78 is 0. The first-order valence-corrected chi connectivity index (χ1v) is 5.72. The third kappa shape index (κ3) is 2.09. The molecular formula is C14H12N4. The molecular weight excluding hydrogens is 224 g/mol. The van der Waals surface area contributed by atoms with Crippen molar-refractivity contribution in [1.82, 2.24) is 4.90 Å². The van der Waals surface area contributed by atoms with Crippen LogP contribution in [0.4, 0.5) is 0 Å². The van der Waals surface area contributed by atoms with Crippen LogP contribution < -0.4 is 0 Å². The van der Waals surface area contributed by atoms with E-state index in [9.17, 15) is 0 Å². The molecule has 18 heavy (non-hydrogen) atoms. The van der Waals surface area contributed by atoms with Gasteiger partial charge in [0.2, 0.25) is 0 Å². The molecule has 1 aliphatic heterocycles. The number of nitrogens with zero attached hydrogens (tertiary/aromatic N) is 4. The maximum atomic E-state index is 9.08. The number of hydrogen-bond acceptors (Lipinski definition) is 4. The van der Waals surface area contributed by atoms with E-state index in [4.69, 9.17) is 10.5 Å². The minimum atomic E-state index is 0.199. The quantitative estimate of drug-likeness (QED) is 0.789. The zero-order valence-corrected chi connectivity index (χ0v) is 10.1. The molecule has 2 rings (SSSR count). The van der Waals surface area contributed by atoms with Crippen molar-refractivity contribution in [1.29, 1.82) is 10.5 Å². The fraction of sp³-hybridized carbons (Fsp3) is 0.214. The topological polar surface area (TPSA) is 63.2 Å². The van der Waals surface area contributed by atoms with E-state index in [1.165, 1.54) is 0 Å². The number of benzene rings is 1. The lowest BCUT2D eigenvalue weighted by atomic mass is 10.1. The Labute approximate surface area is 106 Å². The van der Waals surface area contributed by atoms with Crippen LogP contribution in [0, 0.1) is 22.7 Å². The molecule has 0 spiro atoms. The van der Waals surface area contributed by atoms with Crippen LogP contribution in [0.15, 0.2) is 46.7 Å². The summed E-state index contributed by atoms with van der Waals surface area (Å²) in [5.74, 6) is 0. The van der Waals surface area contributed by atoms with Gasteiger partial charge in [-0.25, -0.2) is 4.99 Å². The van der Waals surface area contributed by atoms with E-state index >= 15 is 0 Å². The minimum Gasteiger partial charge on any atom is -0.355 e. The van der Waals surface area contributed by atoms with Crippen LogP contribution in [0.1, 0.15) is 12.5 Å². The average molecular weight is 236 g/mol. The number of hydrogen-bond donors (Lipinski definition) is 0. The minimum absolute atomic E-state index is 0.199. The summed E-state index contributed by atoms with van der Waals surface area (Å²) >= 11 is 0. The van der Waals surface area contributed by atoms with Crippen LogP contribution in [0.3, 0.4) is 0 Å². The summed E-state index contributed by atoms with van der Waals surface area (Å²) in [6, 6.07) is 13.8. The van der Waals surface area contributed by atoms with Crippen molar-refractivity contribution in [2.45, 2.75) is 6.92 Å². The molecule has 1 aliphatic rings. The van der Waals surface area contributed by atoms with E-state index in [1.54, 1.807) is 0 Å². The highest BCUT2D eigenvalue weighted by Crippen LogP contribution is 2.19. The molecule has 0 aliphatic carbocycles. The predicted molar refractivity (Wildman–Crippen MR) is 68.5 cm³/mol. The molecule has 1 heterocycles. The van der Waals surface area contributed by atoms with Gasteiger partial charge in [-0.3, -0.25) is 0 Å². The standard InChI is InChI=1S/C14H12N4/c1-2-18-10-13(11-6-4-3-5-7-11)17-12(8-15)14(18)9-16/h3-7H,2,10H2,1H3. The molecule has 0 unspecified atom stereocenters. The molecule has 4 heteroatoms. The van der Waals surface area contributed by atoms with E-state index < -0.39 is 0 Å². The number of allylic oxidation sites excluding steroid dienone is 2. The molecule has 0 bridgehead atoms. The molecule has 0 saturated heterocycles. The van der Waals surface area contributed by atoms with Gasteiger partial charge in [0.25, 0.3) is 0 Å². The Morgan fingerprint density at radius 3 is 2.50 bits per heavy atom. The van der Waals surface area contributed by atoms with E-state index in [0.29, 0.717) is 18.8 Å². The van der Waals surface area contributed by atoms with E-state index in [-0.39, 0.29) is 5.70 Å². The van der Waals surface area contributed by atoms with E-state index in [1.807, 2.05) is 48.2 Å². The van der Waals surface area contributed by atoms with Gasteiger partial charge in [0.15, 0.2) is 11.4 Å². The van der Waals surface area contributed by atoms with Gasteiger partial charge in [-0.2, -0.15) is 10.5 Å². The lowest BCUT2D eigenvalue weighted by Crippen LogP contribution is -2.33. The predicted octanol–water partition coefficient (Wildman–Crippen LogP) is 2.07. The zero-order valence-electron chi connectivity index (χ0n) is 10.1. The Morgan fingerprint density at radius 1 is 1.22 bits per heavy atom. The fourth-order valence-electron chi connectivity index (χ4n) is 1.89. The van der Waals surface area contributed by atoms with Crippen LogP contribution in [-0.4, -0.2) is 23.7 Å². The van der Waals surface area contributed by atoms with Crippen LogP contribution in [0.2, 0.25) is 0 Å². The van der Waals surface area contributed by atoms with Gasteiger partial charge in [-0.05, 0) is 12.5 Å². The van der Waals surface area contributed by atoms with Crippen molar-refractivity contribution >= 4 is 5.71 Å². The van der Waals surface area contributed by atoms with Crippen LogP contribution in [0.5, 0.6) is 0 Å². The lowest BCUT2D eigenvalue weighted by Gasteiger charge is -2.26. The number of rotatable bonds is 2. The average Bonchev–Trinajstić information content (AvgIpc) is 2.46. The molecule has 0 amide bonds. The van der Waals surface area contributed by atoms with Crippen molar-refractivity contribution in [3.05, 3.63) is 47.3 Å². The largest absolute Gasteiger partial charge is 0.355 e. The third-order valence-corrected chi connectivity index (χ3v) is 2.83. The summed E-state index contributed by atoms with van der Waals surface area (Å²) in [6.07, 6.45) is 0. The summed E-state index contributed by atoms with van der Waals surface area (Å²) in [5.41, 5.74) is 2.37. The second-order valence-electron chi connectivity index (χ2n) is 3.86. The maximum absolute atomic E-state index is 9.08. The number of nitriles is 2. The maximum Gasteiger partial charge on any atom is 0.175 e. The monoisotopic (exact) mass is 236 g/mol. The highest BCUT2D eigenvalue weighted by atomic mass is 15.2. The molecule has 0 fully saturated rings. The van der Waals surface area contributed by atoms with Gasteiger partial charge >= 0.3 is 0 Å². The highest BCUT2D eigenvalue weighted by molar-refractivity contribution is 6.03. The summed E-state index contributed by atoms with van der Waals surface area (Å²) in [5, 5.41) is 18.2. The SMILES string of the molecule is CCN1CC(c2ccccc2)=NC(C#N)=C1C#N. The van der Waals surface area contributed by atoms with Gasteiger partial charge in [0.1, 0.15) is 12.1 Å². The van der Waals surface area contributed by atoms with Crippen molar-refractivity contribution < 1.29 is 0 Å². The first kappa shape index (κ1) is 11.9. The van der Waals surface area contributed by atoms with Gasteiger partial charge in [-0.1, -0.05) is 30.3 Å². The summed E-state index contributed by atoms with van der Waals surface area (Å²) in [4.78, 5) is 6.16. The van der Waals surface area contributed by atoms with E-state index in [2.05, 4.69) is 11.1 Å². The van der Waals surface area contributed by atoms with Crippen LogP contribution >= 0.6 is 0 Å². The normalized spacial score (nSPS) is 14.8. The Balaban J connectivity index is 2.48. The van der Waals surface area contributed by atoms with Crippen molar-refractivity contribution in [3.63, 3.8) is 0 Å². The van der Waals surface area contributed by atoms with Crippen LogP contribution in [-0.2, 0) is 0 Å². The Kier molecular flexibility index (Phi) is 3.41. The molecule has 0 atom stereocenters. The summed E-state index contributed by atoms with van der Waals surface area (Å²) in [7, 11) is 0. The molecule has 4 nitrogen and oxygen atoms in total. The van der Waals surface area contributed by atoms with Crippen LogP contribution in [0.25, 0.3) is 0 Å². The molecule has 0 N–H and O–H groups in total. The van der Waals surface area contributed by atoms with Gasteiger partial charge < -0.3 is 4.90 Å². The second kappa shape index (κ2) is 5.16. The molecule has 0 aromatic heterocycles. The number of aliphatic imine (C=N–C) groups is 1.